The molecule has 1 heterocycles. The van der Waals surface area contributed by atoms with Crippen LogP contribution >= 0.6 is 22.9 Å². The average Bonchev–Trinajstić information content (AvgIpc) is 2.96. The van der Waals surface area contributed by atoms with Gasteiger partial charge in [0.15, 0.2) is 0 Å². The maximum Gasteiger partial charge on any atom is 0.315 e. The molecular weight excluding hydrogens is 296 g/mol. The summed E-state index contributed by atoms with van der Waals surface area (Å²) in [5.74, 6) is 0. The number of carbonyl (C=O) groups is 1. The standard InChI is InChI=1S/C14H15ClN2O2S/c15-12-4-2-1-3-11(12)13(18)8-17-14(19)16-7-10-5-6-20-9-10/h1-6,9,13,18H,7-8H2,(H2,16,17,19). The molecule has 0 spiro atoms. The van der Waals surface area contributed by atoms with Gasteiger partial charge in [-0.1, -0.05) is 29.8 Å². The van der Waals surface area contributed by atoms with E-state index in [0.29, 0.717) is 17.1 Å². The first-order valence-corrected chi connectivity index (χ1v) is 7.44. The molecule has 1 unspecified atom stereocenters. The number of aliphatic hydroxyl groups is 1. The molecule has 0 radical (unpaired) electrons. The molecule has 0 fully saturated rings. The average molecular weight is 311 g/mol. The van der Waals surface area contributed by atoms with E-state index < -0.39 is 6.10 Å². The molecule has 0 aliphatic carbocycles. The third-order valence-electron chi connectivity index (χ3n) is 2.75. The van der Waals surface area contributed by atoms with Crippen LogP contribution in [0.4, 0.5) is 4.79 Å². The summed E-state index contributed by atoms with van der Waals surface area (Å²) in [5.41, 5.74) is 1.66. The number of hydrogen-bond donors (Lipinski definition) is 3. The fourth-order valence-electron chi connectivity index (χ4n) is 1.68. The number of rotatable bonds is 5. The molecule has 6 heteroatoms. The van der Waals surface area contributed by atoms with Crippen LogP contribution in [0.25, 0.3) is 0 Å². The molecule has 20 heavy (non-hydrogen) atoms. The molecule has 0 aliphatic heterocycles. The number of halogens is 1. The second-order valence-electron chi connectivity index (χ2n) is 4.23. The smallest absolute Gasteiger partial charge is 0.315 e. The van der Waals surface area contributed by atoms with Gasteiger partial charge in [-0.3, -0.25) is 0 Å². The van der Waals surface area contributed by atoms with Gasteiger partial charge >= 0.3 is 6.03 Å². The fourth-order valence-corrected chi connectivity index (χ4v) is 2.61. The Kier molecular flexibility index (Phi) is 5.40. The maximum absolute atomic E-state index is 11.6. The van der Waals surface area contributed by atoms with Crippen LogP contribution < -0.4 is 10.6 Å². The summed E-state index contributed by atoms with van der Waals surface area (Å²) in [4.78, 5) is 11.6. The van der Waals surface area contributed by atoms with Crippen molar-refractivity contribution in [1.82, 2.24) is 10.6 Å². The van der Waals surface area contributed by atoms with Crippen LogP contribution in [0.2, 0.25) is 5.02 Å². The number of benzene rings is 1. The van der Waals surface area contributed by atoms with E-state index in [9.17, 15) is 9.90 Å². The Morgan fingerprint density at radius 2 is 2.10 bits per heavy atom. The highest BCUT2D eigenvalue weighted by atomic mass is 35.5. The monoisotopic (exact) mass is 310 g/mol. The maximum atomic E-state index is 11.6. The van der Waals surface area contributed by atoms with Gasteiger partial charge in [0, 0.05) is 23.7 Å². The van der Waals surface area contributed by atoms with Gasteiger partial charge in [-0.2, -0.15) is 11.3 Å². The molecule has 106 valence electrons. The van der Waals surface area contributed by atoms with Crippen LogP contribution in [0.3, 0.4) is 0 Å². The molecule has 1 aromatic carbocycles. The summed E-state index contributed by atoms with van der Waals surface area (Å²) in [7, 11) is 0. The van der Waals surface area contributed by atoms with Crippen molar-refractivity contribution in [2.75, 3.05) is 6.54 Å². The summed E-state index contributed by atoms with van der Waals surface area (Å²) in [6, 6.07) is 8.65. The van der Waals surface area contributed by atoms with Crippen LogP contribution in [0, 0.1) is 0 Å². The summed E-state index contributed by atoms with van der Waals surface area (Å²) in [6.45, 7) is 0.580. The molecule has 0 saturated carbocycles. The lowest BCUT2D eigenvalue weighted by atomic mass is 10.1. The van der Waals surface area contributed by atoms with Crippen molar-refractivity contribution >= 4 is 29.0 Å². The Morgan fingerprint density at radius 1 is 1.30 bits per heavy atom. The van der Waals surface area contributed by atoms with Gasteiger partial charge in [0.05, 0.1) is 6.10 Å². The van der Waals surface area contributed by atoms with E-state index in [4.69, 9.17) is 11.6 Å². The predicted octanol–water partition coefficient (Wildman–Crippen LogP) is 2.93. The molecule has 2 aromatic rings. The highest BCUT2D eigenvalue weighted by molar-refractivity contribution is 7.07. The van der Waals surface area contributed by atoms with E-state index in [2.05, 4.69) is 10.6 Å². The minimum atomic E-state index is -0.824. The summed E-state index contributed by atoms with van der Waals surface area (Å²) >= 11 is 7.56. The van der Waals surface area contributed by atoms with E-state index in [1.165, 1.54) is 0 Å². The lowest BCUT2D eigenvalue weighted by Gasteiger charge is -2.14. The molecule has 0 saturated heterocycles. The number of carbonyl (C=O) groups excluding carboxylic acids is 1. The zero-order chi connectivity index (χ0) is 14.4. The predicted molar refractivity (Wildman–Crippen MR) is 81.0 cm³/mol. The van der Waals surface area contributed by atoms with Crippen LogP contribution in [0.15, 0.2) is 41.1 Å². The van der Waals surface area contributed by atoms with E-state index in [1.54, 1.807) is 35.6 Å². The van der Waals surface area contributed by atoms with Crippen molar-refractivity contribution in [3.63, 3.8) is 0 Å². The Balaban J connectivity index is 1.77. The van der Waals surface area contributed by atoms with Gasteiger partial charge in [0.2, 0.25) is 0 Å². The molecule has 0 aliphatic rings. The SMILES string of the molecule is O=C(NCc1ccsc1)NCC(O)c1ccccc1Cl. The van der Waals surface area contributed by atoms with Crippen molar-refractivity contribution < 1.29 is 9.90 Å². The Bertz CT molecular complexity index is 560. The first kappa shape index (κ1) is 14.8. The van der Waals surface area contributed by atoms with Gasteiger partial charge in [0.25, 0.3) is 0 Å². The Labute approximate surface area is 126 Å². The molecule has 2 amide bonds. The number of hydrogen-bond acceptors (Lipinski definition) is 3. The largest absolute Gasteiger partial charge is 0.387 e. The molecule has 0 bridgehead atoms. The van der Waals surface area contributed by atoms with E-state index in [-0.39, 0.29) is 12.6 Å². The normalized spacial score (nSPS) is 11.9. The topological polar surface area (TPSA) is 61.4 Å². The van der Waals surface area contributed by atoms with Crippen molar-refractivity contribution in [2.45, 2.75) is 12.6 Å². The van der Waals surface area contributed by atoms with Crippen molar-refractivity contribution in [1.29, 1.82) is 0 Å². The number of aliphatic hydroxyl groups excluding tert-OH is 1. The van der Waals surface area contributed by atoms with E-state index >= 15 is 0 Å². The van der Waals surface area contributed by atoms with Crippen molar-refractivity contribution in [3.05, 3.63) is 57.2 Å². The van der Waals surface area contributed by atoms with Gasteiger partial charge in [-0.05, 0) is 28.5 Å². The summed E-state index contributed by atoms with van der Waals surface area (Å²) in [5, 5.41) is 19.7. The quantitative estimate of drug-likeness (QED) is 0.795. The van der Waals surface area contributed by atoms with Crippen LogP contribution in [0.1, 0.15) is 17.2 Å². The first-order chi connectivity index (χ1) is 9.66. The first-order valence-electron chi connectivity index (χ1n) is 6.12. The molecule has 1 atom stereocenters. The van der Waals surface area contributed by atoms with Crippen molar-refractivity contribution in [2.24, 2.45) is 0 Å². The minimum absolute atomic E-state index is 0.110. The third kappa shape index (κ3) is 4.23. The zero-order valence-corrected chi connectivity index (χ0v) is 12.2. The van der Waals surface area contributed by atoms with Gasteiger partial charge < -0.3 is 15.7 Å². The van der Waals surface area contributed by atoms with E-state index in [1.807, 2.05) is 16.8 Å². The van der Waals surface area contributed by atoms with Crippen LogP contribution in [-0.2, 0) is 6.54 Å². The second kappa shape index (κ2) is 7.28. The number of nitrogens with one attached hydrogen (secondary N) is 2. The number of thiophene rings is 1. The minimum Gasteiger partial charge on any atom is -0.387 e. The molecule has 1 aromatic heterocycles. The summed E-state index contributed by atoms with van der Waals surface area (Å²) in [6.07, 6.45) is -0.824. The molecule has 4 nitrogen and oxygen atoms in total. The van der Waals surface area contributed by atoms with Crippen molar-refractivity contribution in [3.8, 4) is 0 Å². The molecular formula is C14H15ClN2O2S. The van der Waals surface area contributed by atoms with Crippen LogP contribution in [-0.4, -0.2) is 17.7 Å². The Hall–Kier alpha value is -1.56. The molecule has 2 rings (SSSR count). The van der Waals surface area contributed by atoms with Gasteiger partial charge in [-0.25, -0.2) is 4.79 Å². The third-order valence-corrected chi connectivity index (χ3v) is 3.83. The van der Waals surface area contributed by atoms with Crippen LogP contribution in [0.5, 0.6) is 0 Å². The lowest BCUT2D eigenvalue weighted by Crippen LogP contribution is -2.37. The number of amides is 2. The highest BCUT2D eigenvalue weighted by Gasteiger charge is 2.12. The zero-order valence-electron chi connectivity index (χ0n) is 10.7. The fraction of sp³-hybridized carbons (Fsp3) is 0.214. The van der Waals surface area contributed by atoms with Gasteiger partial charge in [-0.15, -0.1) is 0 Å². The Morgan fingerprint density at radius 3 is 2.80 bits per heavy atom. The second-order valence-corrected chi connectivity index (χ2v) is 5.42. The highest BCUT2D eigenvalue weighted by Crippen LogP contribution is 2.21. The molecule has 3 N–H and O–H groups in total. The number of urea groups is 1. The lowest BCUT2D eigenvalue weighted by molar-refractivity contribution is 0.173. The van der Waals surface area contributed by atoms with E-state index in [0.717, 1.165) is 5.56 Å². The van der Waals surface area contributed by atoms with Gasteiger partial charge in [0.1, 0.15) is 0 Å². The summed E-state index contributed by atoms with van der Waals surface area (Å²) < 4.78 is 0.